The highest BCUT2D eigenvalue weighted by Crippen LogP contribution is 2.35. The van der Waals surface area contributed by atoms with E-state index in [1.807, 2.05) is 42.7 Å². The molecule has 0 aliphatic carbocycles. The third-order valence-corrected chi connectivity index (χ3v) is 6.73. The lowest BCUT2D eigenvalue weighted by atomic mass is 9.98. The first kappa shape index (κ1) is 20.6. The molecule has 1 fully saturated rings. The van der Waals surface area contributed by atoms with Crippen LogP contribution in [-0.2, 0) is 6.54 Å². The predicted octanol–water partition coefficient (Wildman–Crippen LogP) is 7.02. The Bertz CT molecular complexity index is 1210. The fourth-order valence-electron chi connectivity index (χ4n) is 4.74. The molecule has 4 aromatic rings. The molecule has 1 aliphatic heterocycles. The highest BCUT2D eigenvalue weighted by molar-refractivity contribution is 6.31. The maximum Gasteiger partial charge on any atom is 0.0487 e. The number of hydrogen-bond donors (Lipinski definition) is 0. The second-order valence-corrected chi connectivity index (χ2v) is 9.47. The minimum Gasteiger partial charge on any atom is -0.347 e. The van der Waals surface area contributed by atoms with Crippen LogP contribution < -0.4 is 0 Å². The summed E-state index contributed by atoms with van der Waals surface area (Å²) in [6, 6.07) is 16.3. The summed E-state index contributed by atoms with van der Waals surface area (Å²) < 4.78 is 2.40. The van der Waals surface area contributed by atoms with Gasteiger partial charge in [0, 0.05) is 69.3 Å². The number of hydrogen-bond acceptors (Lipinski definition) is 2. The normalized spacial score (nSPS) is 17.3. The molecular formula is C26H25Cl2N3. The smallest absolute Gasteiger partial charge is 0.0487 e. The lowest BCUT2D eigenvalue weighted by Crippen LogP contribution is -2.33. The molecule has 31 heavy (non-hydrogen) atoms. The summed E-state index contributed by atoms with van der Waals surface area (Å²) in [5.74, 6) is 0.663. The number of rotatable bonds is 4. The average Bonchev–Trinajstić information content (AvgIpc) is 3.12. The van der Waals surface area contributed by atoms with E-state index >= 15 is 0 Å². The van der Waals surface area contributed by atoms with Crippen molar-refractivity contribution in [1.82, 2.24) is 14.5 Å². The van der Waals surface area contributed by atoms with E-state index in [0.29, 0.717) is 5.92 Å². The molecule has 0 radical (unpaired) electrons. The van der Waals surface area contributed by atoms with Crippen molar-refractivity contribution in [2.45, 2.75) is 19.4 Å². The first-order valence-electron chi connectivity index (χ1n) is 10.7. The van der Waals surface area contributed by atoms with Gasteiger partial charge in [-0.3, -0.25) is 4.98 Å². The number of piperidine rings is 1. The SMILES string of the molecule is CN1CCCC(Cn2cc(-c3cncc(-c4ccc(Cl)cc4)c3)c3cc(Cl)ccc32)C1. The standard InChI is InChI=1S/C26H25Cl2N3/c1-30-10-2-3-18(15-30)16-31-17-25(24-12-23(28)8-9-26(24)31)21-11-20(13-29-14-21)19-4-6-22(27)7-5-19/h4-9,11-14,17-18H,2-3,10,15-16H2,1H3. The summed E-state index contributed by atoms with van der Waals surface area (Å²) in [7, 11) is 2.22. The molecule has 3 nitrogen and oxygen atoms in total. The van der Waals surface area contributed by atoms with E-state index < -0.39 is 0 Å². The first-order chi connectivity index (χ1) is 15.1. The van der Waals surface area contributed by atoms with Crippen molar-refractivity contribution in [3.05, 3.63) is 77.2 Å². The molecule has 0 saturated carbocycles. The van der Waals surface area contributed by atoms with Crippen LogP contribution in [0.15, 0.2) is 67.1 Å². The van der Waals surface area contributed by atoms with Crippen molar-refractivity contribution in [3.8, 4) is 22.3 Å². The van der Waals surface area contributed by atoms with E-state index in [4.69, 9.17) is 23.2 Å². The predicted molar refractivity (Wildman–Crippen MR) is 131 cm³/mol. The summed E-state index contributed by atoms with van der Waals surface area (Å²) in [6.45, 7) is 3.37. The van der Waals surface area contributed by atoms with Gasteiger partial charge in [0.15, 0.2) is 0 Å². The summed E-state index contributed by atoms with van der Waals surface area (Å²) in [6.07, 6.45) is 8.66. The van der Waals surface area contributed by atoms with Crippen LogP contribution in [0.3, 0.4) is 0 Å². The zero-order chi connectivity index (χ0) is 21.4. The van der Waals surface area contributed by atoms with Crippen molar-refractivity contribution < 1.29 is 0 Å². The lowest BCUT2D eigenvalue weighted by molar-refractivity contribution is 0.196. The molecule has 1 aliphatic rings. The van der Waals surface area contributed by atoms with Crippen LogP contribution in [-0.4, -0.2) is 34.6 Å². The fraction of sp³-hybridized carbons (Fsp3) is 0.269. The first-order valence-corrected chi connectivity index (χ1v) is 11.5. The Kier molecular flexibility index (Phi) is 5.75. The molecule has 0 spiro atoms. The molecule has 158 valence electrons. The Morgan fingerprint density at radius 3 is 2.52 bits per heavy atom. The molecule has 1 unspecified atom stereocenters. The van der Waals surface area contributed by atoms with Crippen molar-refractivity contribution in [3.63, 3.8) is 0 Å². The van der Waals surface area contributed by atoms with E-state index in [2.05, 4.69) is 45.9 Å². The Hall–Kier alpha value is -2.33. The van der Waals surface area contributed by atoms with Crippen LogP contribution in [0.4, 0.5) is 0 Å². The van der Waals surface area contributed by atoms with Gasteiger partial charge in [0.25, 0.3) is 0 Å². The average molecular weight is 450 g/mol. The molecule has 5 heteroatoms. The van der Waals surface area contributed by atoms with E-state index in [1.165, 1.54) is 35.9 Å². The molecule has 0 amide bonds. The maximum atomic E-state index is 6.40. The second-order valence-electron chi connectivity index (χ2n) is 8.60. The van der Waals surface area contributed by atoms with Gasteiger partial charge in [-0.1, -0.05) is 35.3 Å². The van der Waals surface area contributed by atoms with E-state index in [0.717, 1.165) is 39.8 Å². The molecular weight excluding hydrogens is 425 g/mol. The monoisotopic (exact) mass is 449 g/mol. The Morgan fingerprint density at radius 1 is 0.935 bits per heavy atom. The summed E-state index contributed by atoms with van der Waals surface area (Å²) in [5, 5.41) is 2.66. The van der Waals surface area contributed by atoms with E-state index in [9.17, 15) is 0 Å². The maximum absolute atomic E-state index is 6.40. The summed E-state index contributed by atoms with van der Waals surface area (Å²) in [4.78, 5) is 6.98. The van der Waals surface area contributed by atoms with Crippen molar-refractivity contribution in [1.29, 1.82) is 0 Å². The van der Waals surface area contributed by atoms with Crippen molar-refractivity contribution >= 4 is 34.1 Å². The minimum atomic E-state index is 0.663. The number of fused-ring (bicyclic) bond motifs is 1. The number of nitrogens with zero attached hydrogens (tertiary/aromatic N) is 3. The number of benzene rings is 2. The van der Waals surface area contributed by atoms with E-state index in [1.54, 1.807) is 0 Å². The molecule has 1 saturated heterocycles. The third kappa shape index (κ3) is 4.36. The third-order valence-electron chi connectivity index (χ3n) is 6.25. The molecule has 2 aromatic heterocycles. The summed E-state index contributed by atoms with van der Waals surface area (Å²) in [5.41, 5.74) is 5.67. The number of aromatic nitrogens is 2. The van der Waals surface area contributed by atoms with Gasteiger partial charge in [-0.25, -0.2) is 0 Å². The molecule has 3 heterocycles. The highest BCUT2D eigenvalue weighted by Gasteiger charge is 2.20. The van der Waals surface area contributed by atoms with Crippen LogP contribution >= 0.6 is 23.2 Å². The van der Waals surface area contributed by atoms with Crippen LogP contribution in [0.2, 0.25) is 10.0 Å². The van der Waals surface area contributed by atoms with Crippen LogP contribution in [0.5, 0.6) is 0 Å². The molecule has 0 N–H and O–H groups in total. The number of halogens is 2. The van der Waals surface area contributed by atoms with Gasteiger partial charge in [0.2, 0.25) is 0 Å². The summed E-state index contributed by atoms with van der Waals surface area (Å²) >= 11 is 12.5. The Labute approximate surface area is 193 Å². The zero-order valence-electron chi connectivity index (χ0n) is 17.6. The van der Waals surface area contributed by atoms with Crippen LogP contribution in [0.25, 0.3) is 33.2 Å². The minimum absolute atomic E-state index is 0.663. The Morgan fingerprint density at radius 2 is 1.71 bits per heavy atom. The largest absolute Gasteiger partial charge is 0.347 e. The molecule has 1 atom stereocenters. The van der Waals surface area contributed by atoms with Gasteiger partial charge in [-0.15, -0.1) is 0 Å². The van der Waals surface area contributed by atoms with Crippen LogP contribution in [0, 0.1) is 5.92 Å². The molecule has 2 aromatic carbocycles. The second kappa shape index (κ2) is 8.66. The topological polar surface area (TPSA) is 21.1 Å². The van der Waals surface area contributed by atoms with Gasteiger partial charge in [0.05, 0.1) is 0 Å². The van der Waals surface area contributed by atoms with Gasteiger partial charge >= 0.3 is 0 Å². The van der Waals surface area contributed by atoms with Crippen molar-refractivity contribution in [2.75, 3.05) is 20.1 Å². The van der Waals surface area contributed by atoms with Crippen LogP contribution in [0.1, 0.15) is 12.8 Å². The van der Waals surface area contributed by atoms with Gasteiger partial charge in [0.1, 0.15) is 0 Å². The van der Waals surface area contributed by atoms with Gasteiger partial charge in [-0.2, -0.15) is 0 Å². The quantitative estimate of drug-likeness (QED) is 0.333. The number of pyridine rings is 1. The Balaban J connectivity index is 1.56. The van der Waals surface area contributed by atoms with Crippen molar-refractivity contribution in [2.24, 2.45) is 5.92 Å². The number of likely N-dealkylation sites (tertiary alicyclic amines) is 1. The van der Waals surface area contributed by atoms with Gasteiger partial charge < -0.3 is 9.47 Å². The lowest BCUT2D eigenvalue weighted by Gasteiger charge is -2.30. The molecule has 5 rings (SSSR count). The fourth-order valence-corrected chi connectivity index (χ4v) is 5.04. The molecule has 0 bridgehead atoms. The highest BCUT2D eigenvalue weighted by atomic mass is 35.5. The zero-order valence-corrected chi connectivity index (χ0v) is 19.1. The van der Waals surface area contributed by atoms with E-state index in [-0.39, 0.29) is 0 Å². The van der Waals surface area contributed by atoms with Gasteiger partial charge in [-0.05, 0) is 74.3 Å².